The van der Waals surface area contributed by atoms with Gasteiger partial charge in [0.25, 0.3) is 5.91 Å². The summed E-state index contributed by atoms with van der Waals surface area (Å²) in [5.74, 6) is 0.748. The van der Waals surface area contributed by atoms with Crippen molar-refractivity contribution in [2.45, 2.75) is 24.3 Å². The van der Waals surface area contributed by atoms with Crippen LogP contribution in [0.5, 0.6) is 11.5 Å². The average molecular weight is 467 g/mol. The summed E-state index contributed by atoms with van der Waals surface area (Å²) in [6.07, 6.45) is 0.741. The maximum absolute atomic E-state index is 13.3. The second kappa shape index (κ2) is 9.64. The number of ether oxygens (including phenoxy) is 2. The Balaban J connectivity index is 1.54. The highest BCUT2D eigenvalue weighted by atomic mass is 32.2. The zero-order valence-electron chi connectivity index (χ0n) is 18.5. The van der Waals surface area contributed by atoms with E-state index in [9.17, 15) is 13.2 Å². The molecular formula is C25H26N2O5S. The fraction of sp³-hybridized carbons (Fsp3) is 0.240. The third kappa shape index (κ3) is 5.02. The molecule has 33 heavy (non-hydrogen) atoms. The van der Waals surface area contributed by atoms with E-state index in [0.29, 0.717) is 36.0 Å². The van der Waals surface area contributed by atoms with Crippen molar-refractivity contribution in [2.24, 2.45) is 0 Å². The summed E-state index contributed by atoms with van der Waals surface area (Å²) in [4.78, 5) is 12.6. The lowest BCUT2D eigenvalue weighted by Gasteiger charge is -2.25. The van der Waals surface area contributed by atoms with Crippen LogP contribution in [0.1, 0.15) is 35.3 Å². The van der Waals surface area contributed by atoms with Crippen molar-refractivity contribution in [2.75, 3.05) is 25.6 Å². The number of carbonyl (C=O) groups is 1. The van der Waals surface area contributed by atoms with E-state index in [2.05, 4.69) is 5.32 Å². The number of hydrogen-bond donors (Lipinski definition) is 1. The lowest BCUT2D eigenvalue weighted by Crippen LogP contribution is -2.30. The average Bonchev–Trinajstić information content (AvgIpc) is 3.08. The van der Waals surface area contributed by atoms with Gasteiger partial charge >= 0.3 is 0 Å². The van der Waals surface area contributed by atoms with Gasteiger partial charge in [0.1, 0.15) is 0 Å². The van der Waals surface area contributed by atoms with Crippen LogP contribution in [0.3, 0.4) is 0 Å². The molecule has 0 spiro atoms. The first-order valence-electron chi connectivity index (χ1n) is 10.7. The van der Waals surface area contributed by atoms with Crippen molar-refractivity contribution in [3.63, 3.8) is 0 Å². The number of fused-ring (bicyclic) bond motifs is 1. The molecule has 8 heteroatoms. The first-order chi connectivity index (χ1) is 15.9. The van der Waals surface area contributed by atoms with Crippen LogP contribution in [0.4, 0.5) is 5.69 Å². The summed E-state index contributed by atoms with van der Waals surface area (Å²) in [5.41, 5.74) is 1.89. The number of carbonyl (C=O) groups excluding carboxylic acids is 1. The lowest BCUT2D eigenvalue weighted by molar-refractivity contribution is 0.102. The molecule has 1 unspecified atom stereocenters. The Morgan fingerprint density at radius 3 is 2.42 bits per heavy atom. The fourth-order valence-electron chi connectivity index (χ4n) is 3.56. The summed E-state index contributed by atoms with van der Waals surface area (Å²) < 4.78 is 39.2. The Bertz CT molecular complexity index is 1240. The van der Waals surface area contributed by atoms with Gasteiger partial charge in [0.2, 0.25) is 10.0 Å². The summed E-state index contributed by atoms with van der Waals surface area (Å²) in [5, 5.41) is 2.87. The maximum atomic E-state index is 13.3. The van der Waals surface area contributed by atoms with Crippen LogP contribution in [-0.2, 0) is 10.0 Å². The predicted molar refractivity (Wildman–Crippen MR) is 126 cm³/mol. The maximum Gasteiger partial charge on any atom is 0.255 e. The molecular weight excluding hydrogens is 440 g/mol. The molecule has 0 radical (unpaired) electrons. The zero-order chi connectivity index (χ0) is 23.4. The molecule has 172 valence electrons. The van der Waals surface area contributed by atoms with E-state index < -0.39 is 16.1 Å². The van der Waals surface area contributed by atoms with E-state index in [1.165, 1.54) is 23.5 Å². The minimum atomic E-state index is -3.80. The Hall–Kier alpha value is -3.36. The standard InChI is InChI=1S/C25H26N2O5S/c1-18(20-10-6-11-21(16-20)26-25(28)19-8-4-3-5-9-19)27(2)33(29,30)22-12-13-23-24(17-22)32-15-7-14-31-23/h3-6,8-13,16-18H,7,14-15H2,1-2H3,(H,26,28). The van der Waals surface area contributed by atoms with E-state index in [4.69, 9.17) is 9.47 Å². The SMILES string of the molecule is CC(c1cccc(NC(=O)c2ccccc2)c1)N(C)S(=O)(=O)c1ccc2c(c1)OCCCO2. The summed E-state index contributed by atoms with van der Waals surface area (Å²) in [7, 11) is -2.26. The minimum Gasteiger partial charge on any atom is -0.490 e. The Morgan fingerprint density at radius 2 is 1.67 bits per heavy atom. The van der Waals surface area contributed by atoms with Crippen LogP contribution in [0, 0.1) is 0 Å². The lowest BCUT2D eigenvalue weighted by atomic mass is 10.1. The van der Waals surface area contributed by atoms with Crippen LogP contribution >= 0.6 is 0 Å². The van der Waals surface area contributed by atoms with Gasteiger partial charge < -0.3 is 14.8 Å². The van der Waals surface area contributed by atoms with Gasteiger partial charge in [-0.2, -0.15) is 4.31 Å². The largest absolute Gasteiger partial charge is 0.490 e. The van der Waals surface area contributed by atoms with Gasteiger partial charge in [0.05, 0.1) is 18.1 Å². The molecule has 0 aliphatic carbocycles. The molecule has 7 nitrogen and oxygen atoms in total. The van der Waals surface area contributed by atoms with Crippen LogP contribution in [-0.4, -0.2) is 38.9 Å². The summed E-state index contributed by atoms with van der Waals surface area (Å²) in [6, 6.07) is 20.3. The van der Waals surface area contributed by atoms with Gasteiger partial charge in [0.15, 0.2) is 11.5 Å². The molecule has 1 N–H and O–H groups in total. The number of rotatable bonds is 6. The number of sulfonamides is 1. The normalized spacial score (nSPS) is 14.4. The van der Waals surface area contributed by atoms with Crippen LogP contribution in [0.25, 0.3) is 0 Å². The number of amides is 1. The van der Waals surface area contributed by atoms with E-state index >= 15 is 0 Å². The monoisotopic (exact) mass is 466 g/mol. The molecule has 3 aromatic carbocycles. The molecule has 3 aromatic rings. The first-order valence-corrected chi connectivity index (χ1v) is 12.1. The van der Waals surface area contributed by atoms with Crippen molar-refractivity contribution in [3.05, 3.63) is 83.9 Å². The molecule has 1 amide bonds. The van der Waals surface area contributed by atoms with Gasteiger partial charge in [-0.15, -0.1) is 0 Å². The first kappa shape index (κ1) is 22.8. The molecule has 1 atom stereocenters. The van der Waals surface area contributed by atoms with E-state index in [0.717, 1.165) is 12.0 Å². The Kier molecular flexibility index (Phi) is 6.67. The molecule has 1 heterocycles. The predicted octanol–water partition coefficient (Wildman–Crippen LogP) is 4.48. The number of benzene rings is 3. The molecule has 1 aliphatic heterocycles. The summed E-state index contributed by atoms with van der Waals surface area (Å²) >= 11 is 0. The molecule has 0 fully saturated rings. The van der Waals surface area contributed by atoms with Gasteiger partial charge in [-0.1, -0.05) is 30.3 Å². The van der Waals surface area contributed by atoms with Crippen molar-refractivity contribution >= 4 is 21.6 Å². The number of anilines is 1. The number of nitrogens with one attached hydrogen (secondary N) is 1. The molecule has 0 saturated heterocycles. The quantitative estimate of drug-likeness (QED) is 0.579. The van der Waals surface area contributed by atoms with Crippen molar-refractivity contribution in [1.29, 1.82) is 0 Å². The molecule has 4 rings (SSSR count). The topological polar surface area (TPSA) is 84.9 Å². The highest BCUT2D eigenvalue weighted by Crippen LogP contribution is 2.34. The molecule has 0 aromatic heterocycles. The number of nitrogens with zero attached hydrogens (tertiary/aromatic N) is 1. The highest BCUT2D eigenvalue weighted by molar-refractivity contribution is 7.89. The van der Waals surface area contributed by atoms with Crippen molar-refractivity contribution in [1.82, 2.24) is 4.31 Å². The Morgan fingerprint density at radius 1 is 0.939 bits per heavy atom. The smallest absolute Gasteiger partial charge is 0.255 e. The molecule has 1 aliphatic rings. The zero-order valence-corrected chi connectivity index (χ0v) is 19.3. The molecule has 0 saturated carbocycles. The highest BCUT2D eigenvalue weighted by Gasteiger charge is 2.28. The van der Waals surface area contributed by atoms with E-state index in [1.807, 2.05) is 12.1 Å². The van der Waals surface area contributed by atoms with Crippen LogP contribution in [0.2, 0.25) is 0 Å². The van der Waals surface area contributed by atoms with Crippen LogP contribution in [0.15, 0.2) is 77.7 Å². The van der Waals surface area contributed by atoms with Gasteiger partial charge in [-0.3, -0.25) is 4.79 Å². The second-order valence-electron chi connectivity index (χ2n) is 7.80. The van der Waals surface area contributed by atoms with Gasteiger partial charge in [-0.05, 0) is 48.9 Å². The second-order valence-corrected chi connectivity index (χ2v) is 9.80. The van der Waals surface area contributed by atoms with Gasteiger partial charge in [-0.25, -0.2) is 8.42 Å². The summed E-state index contributed by atoms with van der Waals surface area (Å²) in [6.45, 7) is 2.82. The minimum absolute atomic E-state index is 0.134. The molecule has 0 bridgehead atoms. The fourth-order valence-corrected chi connectivity index (χ4v) is 4.92. The van der Waals surface area contributed by atoms with Gasteiger partial charge in [0, 0.05) is 36.8 Å². The third-order valence-corrected chi connectivity index (χ3v) is 7.53. The van der Waals surface area contributed by atoms with E-state index in [-0.39, 0.29) is 10.8 Å². The van der Waals surface area contributed by atoms with E-state index in [1.54, 1.807) is 55.5 Å². The van der Waals surface area contributed by atoms with Crippen LogP contribution < -0.4 is 14.8 Å². The third-order valence-electron chi connectivity index (χ3n) is 5.60. The van der Waals surface area contributed by atoms with Crippen molar-refractivity contribution < 1.29 is 22.7 Å². The van der Waals surface area contributed by atoms with Crippen molar-refractivity contribution in [3.8, 4) is 11.5 Å². The number of hydrogen-bond acceptors (Lipinski definition) is 5. The Labute approximate surface area is 194 Å².